The number of hydrogen-bond donors (Lipinski definition) is 2. The molecular formula is C12H12F2N2O3. The van der Waals surface area contributed by atoms with Crippen molar-refractivity contribution in [2.24, 2.45) is 0 Å². The molecule has 0 saturated heterocycles. The van der Waals surface area contributed by atoms with Crippen LogP contribution in [0, 0.1) is 11.6 Å². The smallest absolute Gasteiger partial charge is 0.341 e. The quantitative estimate of drug-likeness (QED) is 0.631. The molecule has 1 aliphatic rings. The van der Waals surface area contributed by atoms with Crippen molar-refractivity contribution < 1.29 is 23.1 Å². The van der Waals surface area contributed by atoms with Gasteiger partial charge in [0.05, 0.1) is 11.3 Å². The molecule has 0 unspecified atom stereocenters. The van der Waals surface area contributed by atoms with E-state index < -0.39 is 41.4 Å². The largest absolute Gasteiger partial charge is 0.452 e. The summed E-state index contributed by atoms with van der Waals surface area (Å²) < 4.78 is 31.1. The molecule has 0 radical (unpaired) electrons. The summed E-state index contributed by atoms with van der Waals surface area (Å²) in [7, 11) is 0. The van der Waals surface area contributed by atoms with Crippen molar-refractivity contribution in [2.75, 3.05) is 12.3 Å². The van der Waals surface area contributed by atoms with Gasteiger partial charge in [-0.15, -0.1) is 0 Å². The minimum Gasteiger partial charge on any atom is -0.452 e. The maximum atomic E-state index is 13.4. The molecule has 0 spiro atoms. The van der Waals surface area contributed by atoms with Gasteiger partial charge in [-0.05, 0) is 18.9 Å². The summed E-state index contributed by atoms with van der Waals surface area (Å²) in [5.74, 6) is -3.49. The molecular weight excluding hydrogens is 258 g/mol. The molecule has 1 aromatic rings. The van der Waals surface area contributed by atoms with Crippen molar-refractivity contribution in [1.29, 1.82) is 0 Å². The highest BCUT2D eigenvalue weighted by atomic mass is 19.1. The van der Waals surface area contributed by atoms with Crippen LogP contribution in [0.15, 0.2) is 12.1 Å². The van der Waals surface area contributed by atoms with E-state index in [2.05, 4.69) is 10.1 Å². The number of halogens is 2. The lowest BCUT2D eigenvalue weighted by Crippen LogP contribution is -2.30. The van der Waals surface area contributed by atoms with Gasteiger partial charge in [-0.3, -0.25) is 4.79 Å². The number of carbonyl (C=O) groups excluding carboxylic acids is 2. The number of ether oxygens (including phenoxy) is 1. The highest BCUT2D eigenvalue weighted by molar-refractivity contribution is 5.92. The Kier molecular flexibility index (Phi) is 3.64. The third-order valence-electron chi connectivity index (χ3n) is 2.58. The molecule has 1 aromatic carbocycles. The minimum atomic E-state index is -1.11. The summed E-state index contributed by atoms with van der Waals surface area (Å²) in [5.41, 5.74) is 4.15. The standard InChI is InChI=1S/C12H12F2N2O3/c13-8-4-10(15)9(14)3-7(8)12(18)19-5-11(17)16-6-1-2-6/h3-4,6H,1-2,5,15H2,(H,16,17). The number of anilines is 1. The number of hydrogen-bond acceptors (Lipinski definition) is 4. The monoisotopic (exact) mass is 270 g/mol. The number of nitrogens with one attached hydrogen (secondary N) is 1. The number of nitrogens with two attached hydrogens (primary N) is 1. The molecule has 0 heterocycles. The number of rotatable bonds is 4. The van der Waals surface area contributed by atoms with Crippen LogP contribution in [0.25, 0.3) is 0 Å². The van der Waals surface area contributed by atoms with Gasteiger partial charge in [0.25, 0.3) is 5.91 Å². The average Bonchev–Trinajstić information content (AvgIpc) is 3.14. The Bertz CT molecular complexity index is 530. The molecule has 5 nitrogen and oxygen atoms in total. The first-order valence-electron chi connectivity index (χ1n) is 5.68. The number of amides is 1. The van der Waals surface area contributed by atoms with Gasteiger partial charge < -0.3 is 15.8 Å². The molecule has 2 rings (SSSR count). The first-order chi connectivity index (χ1) is 8.97. The van der Waals surface area contributed by atoms with E-state index in [1.54, 1.807) is 0 Å². The molecule has 19 heavy (non-hydrogen) atoms. The third-order valence-corrected chi connectivity index (χ3v) is 2.58. The normalized spacial score (nSPS) is 14.0. The Hall–Kier alpha value is -2.18. The van der Waals surface area contributed by atoms with Crippen molar-refractivity contribution in [3.8, 4) is 0 Å². The fourth-order valence-corrected chi connectivity index (χ4v) is 1.42. The molecule has 0 atom stereocenters. The Morgan fingerprint density at radius 1 is 1.32 bits per heavy atom. The molecule has 1 amide bonds. The Morgan fingerprint density at radius 2 is 2.00 bits per heavy atom. The second-order valence-electron chi connectivity index (χ2n) is 4.27. The van der Waals surface area contributed by atoms with Crippen molar-refractivity contribution >= 4 is 17.6 Å². The van der Waals surface area contributed by atoms with Crippen molar-refractivity contribution in [1.82, 2.24) is 5.32 Å². The lowest BCUT2D eigenvalue weighted by molar-refractivity contribution is -0.124. The fraction of sp³-hybridized carbons (Fsp3) is 0.333. The van der Waals surface area contributed by atoms with E-state index in [-0.39, 0.29) is 6.04 Å². The van der Waals surface area contributed by atoms with E-state index in [0.717, 1.165) is 12.8 Å². The molecule has 0 aromatic heterocycles. The maximum Gasteiger partial charge on any atom is 0.341 e. The first-order valence-corrected chi connectivity index (χ1v) is 5.68. The van der Waals surface area contributed by atoms with Crippen LogP contribution in [-0.4, -0.2) is 24.5 Å². The highest BCUT2D eigenvalue weighted by Gasteiger charge is 2.24. The predicted molar refractivity (Wildman–Crippen MR) is 62.2 cm³/mol. The van der Waals surface area contributed by atoms with Crippen LogP contribution >= 0.6 is 0 Å². The van der Waals surface area contributed by atoms with Crippen molar-refractivity contribution in [3.05, 3.63) is 29.3 Å². The molecule has 1 fully saturated rings. The molecule has 1 saturated carbocycles. The summed E-state index contributed by atoms with van der Waals surface area (Å²) in [6.45, 7) is -0.527. The van der Waals surface area contributed by atoms with Crippen LogP contribution in [0.2, 0.25) is 0 Å². The van der Waals surface area contributed by atoms with Crippen LogP contribution in [0.5, 0.6) is 0 Å². The number of carbonyl (C=O) groups is 2. The predicted octanol–water partition coefficient (Wildman–Crippen LogP) is 0.982. The summed E-state index contributed by atoms with van der Waals surface area (Å²) in [5, 5.41) is 2.59. The summed E-state index contributed by atoms with van der Waals surface area (Å²) in [6, 6.07) is 1.47. The summed E-state index contributed by atoms with van der Waals surface area (Å²) in [4.78, 5) is 22.7. The third kappa shape index (κ3) is 3.40. The highest BCUT2D eigenvalue weighted by Crippen LogP contribution is 2.19. The van der Waals surface area contributed by atoms with Crippen LogP contribution in [0.1, 0.15) is 23.2 Å². The van der Waals surface area contributed by atoms with Gasteiger partial charge in [0.15, 0.2) is 6.61 Å². The molecule has 3 N–H and O–H groups in total. The lowest BCUT2D eigenvalue weighted by atomic mass is 10.2. The average molecular weight is 270 g/mol. The number of benzene rings is 1. The van der Waals surface area contributed by atoms with E-state index in [4.69, 9.17) is 5.73 Å². The zero-order valence-electron chi connectivity index (χ0n) is 9.91. The zero-order valence-corrected chi connectivity index (χ0v) is 9.91. The zero-order chi connectivity index (χ0) is 14.0. The van der Waals surface area contributed by atoms with Crippen LogP contribution in [0.3, 0.4) is 0 Å². The lowest BCUT2D eigenvalue weighted by Gasteiger charge is -2.07. The molecule has 102 valence electrons. The SMILES string of the molecule is Nc1cc(F)c(C(=O)OCC(=O)NC2CC2)cc1F. The number of nitrogen functional groups attached to an aromatic ring is 1. The second kappa shape index (κ2) is 5.21. The van der Waals surface area contributed by atoms with Crippen LogP contribution in [-0.2, 0) is 9.53 Å². The Labute approximate surface area is 107 Å². The molecule has 7 heteroatoms. The second-order valence-corrected chi connectivity index (χ2v) is 4.27. The molecule has 0 bridgehead atoms. The van der Waals surface area contributed by atoms with Gasteiger partial charge >= 0.3 is 5.97 Å². The fourth-order valence-electron chi connectivity index (χ4n) is 1.42. The van der Waals surface area contributed by atoms with Crippen LogP contribution < -0.4 is 11.1 Å². The van der Waals surface area contributed by atoms with Gasteiger partial charge in [-0.25, -0.2) is 13.6 Å². The van der Waals surface area contributed by atoms with E-state index in [1.807, 2.05) is 0 Å². The maximum absolute atomic E-state index is 13.4. The van der Waals surface area contributed by atoms with Gasteiger partial charge in [0, 0.05) is 12.1 Å². The van der Waals surface area contributed by atoms with E-state index in [1.165, 1.54) is 0 Å². The Balaban J connectivity index is 1.95. The summed E-state index contributed by atoms with van der Waals surface area (Å²) in [6.07, 6.45) is 1.80. The summed E-state index contributed by atoms with van der Waals surface area (Å²) >= 11 is 0. The topological polar surface area (TPSA) is 81.4 Å². The minimum absolute atomic E-state index is 0.136. The number of esters is 1. The molecule has 0 aliphatic heterocycles. The molecule has 1 aliphatic carbocycles. The Morgan fingerprint density at radius 3 is 2.63 bits per heavy atom. The van der Waals surface area contributed by atoms with Gasteiger partial charge in [-0.1, -0.05) is 0 Å². The van der Waals surface area contributed by atoms with Crippen molar-refractivity contribution in [3.63, 3.8) is 0 Å². The van der Waals surface area contributed by atoms with E-state index in [0.29, 0.717) is 12.1 Å². The van der Waals surface area contributed by atoms with Gasteiger partial charge in [-0.2, -0.15) is 0 Å². The van der Waals surface area contributed by atoms with E-state index in [9.17, 15) is 18.4 Å². The van der Waals surface area contributed by atoms with E-state index >= 15 is 0 Å². The van der Waals surface area contributed by atoms with Crippen LogP contribution in [0.4, 0.5) is 14.5 Å². The van der Waals surface area contributed by atoms with Gasteiger partial charge in [0.2, 0.25) is 0 Å². The van der Waals surface area contributed by atoms with Gasteiger partial charge in [0.1, 0.15) is 11.6 Å². The van der Waals surface area contributed by atoms with Crippen molar-refractivity contribution in [2.45, 2.75) is 18.9 Å². The first kappa shape index (κ1) is 13.3.